The van der Waals surface area contributed by atoms with Gasteiger partial charge >= 0.3 is 0 Å². The first-order valence-electron chi connectivity index (χ1n) is 8.21. The predicted octanol–water partition coefficient (Wildman–Crippen LogP) is 3.48. The van der Waals surface area contributed by atoms with Crippen molar-refractivity contribution in [2.45, 2.75) is 17.7 Å². The van der Waals surface area contributed by atoms with Crippen LogP contribution in [0.5, 0.6) is 0 Å². The summed E-state index contributed by atoms with van der Waals surface area (Å²) in [6.45, 7) is 0.861. The van der Waals surface area contributed by atoms with Gasteiger partial charge in [0, 0.05) is 24.2 Å². The molecule has 0 saturated carbocycles. The molecule has 1 saturated heterocycles. The van der Waals surface area contributed by atoms with Gasteiger partial charge in [-0.25, -0.2) is 8.42 Å². The third-order valence-electron chi connectivity index (χ3n) is 4.12. The summed E-state index contributed by atoms with van der Waals surface area (Å²) in [5.74, 6) is 0. The van der Waals surface area contributed by atoms with Crippen molar-refractivity contribution in [3.8, 4) is 0 Å². The topological polar surface area (TPSA) is 105 Å². The smallest absolute Gasteiger partial charge is 0.272 e. The van der Waals surface area contributed by atoms with Crippen LogP contribution in [-0.4, -0.2) is 37.0 Å². The molecule has 1 aliphatic heterocycles. The van der Waals surface area contributed by atoms with Crippen molar-refractivity contribution in [3.63, 3.8) is 0 Å². The summed E-state index contributed by atoms with van der Waals surface area (Å²) in [6.07, 6.45) is 3.04. The number of nitro groups is 1. The molecule has 2 aromatic carbocycles. The molecular formula is C17H17ClN4O4S. The van der Waals surface area contributed by atoms with Crippen molar-refractivity contribution >= 4 is 39.2 Å². The Labute approximate surface area is 161 Å². The number of sulfonamides is 1. The summed E-state index contributed by atoms with van der Waals surface area (Å²) < 4.78 is 26.5. The van der Waals surface area contributed by atoms with Gasteiger partial charge in [-0.05, 0) is 42.7 Å². The van der Waals surface area contributed by atoms with Crippen LogP contribution in [-0.2, 0) is 10.0 Å². The number of benzene rings is 2. The lowest BCUT2D eigenvalue weighted by Gasteiger charge is -2.15. The molecule has 27 heavy (non-hydrogen) atoms. The average Bonchev–Trinajstić information content (AvgIpc) is 3.17. The fraction of sp³-hybridized carbons (Fsp3) is 0.235. The number of rotatable bonds is 6. The van der Waals surface area contributed by atoms with Gasteiger partial charge in [-0.3, -0.25) is 15.5 Å². The Morgan fingerprint density at radius 1 is 1.19 bits per heavy atom. The summed E-state index contributed by atoms with van der Waals surface area (Å²) in [5, 5.41) is 15.9. The SMILES string of the molecule is O=[N+]([O-])c1cc(S(=O)(=O)N2CCCC2)ccc1N/N=C/c1cccc(Cl)c1. The maximum Gasteiger partial charge on any atom is 0.295 e. The third kappa shape index (κ3) is 4.44. The highest BCUT2D eigenvalue weighted by atomic mass is 35.5. The molecule has 1 aliphatic rings. The zero-order chi connectivity index (χ0) is 19.4. The highest BCUT2D eigenvalue weighted by molar-refractivity contribution is 7.89. The van der Waals surface area contributed by atoms with Gasteiger partial charge in [0.15, 0.2) is 0 Å². The predicted molar refractivity (Wildman–Crippen MR) is 104 cm³/mol. The van der Waals surface area contributed by atoms with E-state index in [-0.39, 0.29) is 16.3 Å². The summed E-state index contributed by atoms with van der Waals surface area (Å²) >= 11 is 5.89. The van der Waals surface area contributed by atoms with Crippen molar-refractivity contribution < 1.29 is 13.3 Å². The molecule has 0 bridgehead atoms. The highest BCUT2D eigenvalue weighted by Crippen LogP contribution is 2.30. The van der Waals surface area contributed by atoms with E-state index >= 15 is 0 Å². The first-order chi connectivity index (χ1) is 12.9. The fourth-order valence-electron chi connectivity index (χ4n) is 2.76. The highest BCUT2D eigenvalue weighted by Gasteiger charge is 2.29. The molecule has 3 rings (SSSR count). The Balaban J connectivity index is 1.85. The molecule has 0 unspecified atom stereocenters. The largest absolute Gasteiger partial charge is 0.295 e. The minimum atomic E-state index is -3.73. The molecule has 0 radical (unpaired) electrons. The van der Waals surface area contributed by atoms with E-state index in [1.807, 2.05) is 0 Å². The van der Waals surface area contributed by atoms with Crippen LogP contribution in [0.3, 0.4) is 0 Å². The number of nitrogens with one attached hydrogen (secondary N) is 1. The van der Waals surface area contributed by atoms with E-state index in [0.29, 0.717) is 23.7 Å². The molecule has 0 spiro atoms. The minimum Gasteiger partial charge on any atom is -0.272 e. The number of nitrogens with zero attached hydrogens (tertiary/aromatic N) is 3. The number of nitro benzene ring substituents is 1. The van der Waals surface area contributed by atoms with Crippen molar-refractivity contribution in [1.29, 1.82) is 0 Å². The number of anilines is 1. The Morgan fingerprint density at radius 2 is 1.93 bits per heavy atom. The molecule has 0 aliphatic carbocycles. The quantitative estimate of drug-likeness (QED) is 0.447. The molecule has 1 N–H and O–H groups in total. The zero-order valence-electron chi connectivity index (χ0n) is 14.2. The fourth-order valence-corrected chi connectivity index (χ4v) is 4.49. The Hall–Kier alpha value is -2.49. The first kappa shape index (κ1) is 19.3. The van der Waals surface area contributed by atoms with E-state index in [2.05, 4.69) is 10.5 Å². The molecule has 0 atom stereocenters. The van der Waals surface area contributed by atoms with E-state index in [0.717, 1.165) is 18.9 Å². The van der Waals surface area contributed by atoms with E-state index < -0.39 is 14.9 Å². The molecule has 2 aromatic rings. The first-order valence-corrected chi connectivity index (χ1v) is 10.0. The van der Waals surface area contributed by atoms with Gasteiger partial charge in [-0.15, -0.1) is 0 Å². The summed E-state index contributed by atoms with van der Waals surface area (Å²) in [7, 11) is -3.73. The van der Waals surface area contributed by atoms with Crippen molar-refractivity contribution in [2.24, 2.45) is 5.10 Å². The standard InChI is InChI=1S/C17H17ClN4O4S/c18-14-5-3-4-13(10-14)12-19-20-16-7-6-15(11-17(16)22(23)24)27(25,26)21-8-1-2-9-21/h3-7,10-12,20H,1-2,8-9H2/b19-12+. The van der Waals surface area contributed by atoms with Crippen molar-refractivity contribution in [3.05, 3.63) is 63.2 Å². The normalized spacial score (nSPS) is 15.3. The van der Waals surface area contributed by atoms with Gasteiger partial charge < -0.3 is 0 Å². The number of hydrazone groups is 1. The van der Waals surface area contributed by atoms with Crippen LogP contribution >= 0.6 is 11.6 Å². The van der Waals surface area contributed by atoms with E-state index in [1.165, 1.54) is 22.7 Å². The number of halogens is 1. The average molecular weight is 409 g/mol. The number of hydrogen-bond donors (Lipinski definition) is 1. The van der Waals surface area contributed by atoms with Crippen LogP contribution in [0.4, 0.5) is 11.4 Å². The second-order valence-electron chi connectivity index (χ2n) is 5.97. The molecule has 0 aromatic heterocycles. The summed E-state index contributed by atoms with van der Waals surface area (Å²) in [6, 6.07) is 10.7. The van der Waals surface area contributed by atoms with Crippen molar-refractivity contribution in [2.75, 3.05) is 18.5 Å². The van der Waals surface area contributed by atoms with Gasteiger partial charge in [0.1, 0.15) is 5.69 Å². The van der Waals surface area contributed by atoms with Gasteiger partial charge in [0.05, 0.1) is 16.0 Å². The van der Waals surface area contributed by atoms with E-state index in [1.54, 1.807) is 24.3 Å². The maximum absolute atomic E-state index is 12.6. The van der Waals surface area contributed by atoms with Gasteiger partial charge in [-0.2, -0.15) is 9.41 Å². The monoisotopic (exact) mass is 408 g/mol. The van der Waals surface area contributed by atoms with Gasteiger partial charge in [-0.1, -0.05) is 23.7 Å². The van der Waals surface area contributed by atoms with Crippen LogP contribution in [0.15, 0.2) is 52.5 Å². The molecule has 0 amide bonds. The second-order valence-corrected chi connectivity index (χ2v) is 8.35. The van der Waals surface area contributed by atoms with Gasteiger partial charge in [0.25, 0.3) is 5.69 Å². The Bertz CT molecular complexity index is 988. The van der Waals surface area contributed by atoms with E-state index in [9.17, 15) is 18.5 Å². The third-order valence-corrected chi connectivity index (χ3v) is 6.25. The second kappa shape index (κ2) is 8.03. The molecule has 1 fully saturated rings. The lowest BCUT2D eigenvalue weighted by molar-refractivity contribution is -0.384. The molecule has 8 nitrogen and oxygen atoms in total. The van der Waals surface area contributed by atoms with Gasteiger partial charge in [0.2, 0.25) is 10.0 Å². The van der Waals surface area contributed by atoms with Crippen LogP contribution in [0.1, 0.15) is 18.4 Å². The molecule has 10 heteroatoms. The maximum atomic E-state index is 12.6. The van der Waals surface area contributed by atoms with Crippen LogP contribution in [0.25, 0.3) is 0 Å². The Morgan fingerprint density at radius 3 is 2.59 bits per heavy atom. The zero-order valence-corrected chi connectivity index (χ0v) is 15.8. The van der Waals surface area contributed by atoms with Crippen LogP contribution < -0.4 is 5.43 Å². The number of hydrogen-bond acceptors (Lipinski definition) is 6. The van der Waals surface area contributed by atoms with Crippen molar-refractivity contribution in [1.82, 2.24) is 4.31 Å². The van der Waals surface area contributed by atoms with Crippen LogP contribution in [0.2, 0.25) is 5.02 Å². The van der Waals surface area contributed by atoms with Crippen LogP contribution in [0, 0.1) is 10.1 Å². The van der Waals surface area contributed by atoms with E-state index in [4.69, 9.17) is 11.6 Å². The Kier molecular flexibility index (Phi) is 5.73. The minimum absolute atomic E-state index is 0.0960. The summed E-state index contributed by atoms with van der Waals surface area (Å²) in [5.41, 5.74) is 3.03. The molecular weight excluding hydrogens is 392 g/mol. The summed E-state index contributed by atoms with van der Waals surface area (Å²) in [4.78, 5) is 10.7. The lowest BCUT2D eigenvalue weighted by atomic mass is 10.2. The lowest BCUT2D eigenvalue weighted by Crippen LogP contribution is -2.27. The molecule has 142 valence electrons. The molecule has 1 heterocycles.